The maximum Gasteiger partial charge on any atom is 0.307 e. The van der Waals surface area contributed by atoms with Gasteiger partial charge in [0.15, 0.2) is 0 Å². The molecule has 16 heavy (non-hydrogen) atoms. The lowest BCUT2D eigenvalue weighted by Crippen LogP contribution is -2.03. The van der Waals surface area contributed by atoms with Crippen LogP contribution in [0.4, 0.5) is 0 Å². The van der Waals surface area contributed by atoms with Crippen molar-refractivity contribution in [1.82, 2.24) is 19.1 Å². The molecule has 0 aliphatic heterocycles. The van der Waals surface area contributed by atoms with E-state index in [1.807, 2.05) is 6.92 Å². The highest BCUT2D eigenvalue weighted by atomic mass is 32.1. The molecule has 2 rings (SSSR count). The van der Waals surface area contributed by atoms with E-state index in [1.54, 1.807) is 11.6 Å². The Morgan fingerprint density at radius 3 is 2.88 bits per heavy atom. The summed E-state index contributed by atoms with van der Waals surface area (Å²) in [6.07, 6.45) is 1.43. The Bertz CT molecular complexity index is 518. The number of rotatable bonds is 3. The van der Waals surface area contributed by atoms with Crippen molar-refractivity contribution in [1.29, 1.82) is 0 Å². The predicted octanol–water partition coefficient (Wildman–Crippen LogP) is 0.968. The SMILES string of the molecule is Cc1nn(-c2ncns2)c(C)c1CC(=O)O. The Hall–Kier alpha value is -1.76. The number of aromatic nitrogens is 4. The first-order chi connectivity index (χ1) is 7.59. The van der Waals surface area contributed by atoms with Gasteiger partial charge >= 0.3 is 5.97 Å². The molecule has 0 radical (unpaired) electrons. The Labute approximate surface area is 95.7 Å². The molecular formula is C9H10N4O2S. The summed E-state index contributed by atoms with van der Waals surface area (Å²) in [5.74, 6) is -0.858. The van der Waals surface area contributed by atoms with E-state index in [9.17, 15) is 4.79 Å². The molecular weight excluding hydrogens is 228 g/mol. The topological polar surface area (TPSA) is 80.9 Å². The van der Waals surface area contributed by atoms with Gasteiger partial charge in [-0.3, -0.25) is 4.79 Å². The largest absolute Gasteiger partial charge is 0.481 e. The van der Waals surface area contributed by atoms with Gasteiger partial charge in [0.1, 0.15) is 6.33 Å². The fourth-order valence-electron chi connectivity index (χ4n) is 1.53. The Kier molecular flexibility index (Phi) is 2.69. The van der Waals surface area contributed by atoms with Crippen molar-refractivity contribution in [3.8, 4) is 5.13 Å². The molecule has 0 aliphatic carbocycles. The van der Waals surface area contributed by atoms with Crippen molar-refractivity contribution in [2.24, 2.45) is 0 Å². The third-order valence-corrected chi connectivity index (χ3v) is 2.94. The molecule has 0 aromatic carbocycles. The second kappa shape index (κ2) is 4.01. The minimum atomic E-state index is -0.858. The van der Waals surface area contributed by atoms with Crippen molar-refractivity contribution in [3.63, 3.8) is 0 Å². The maximum absolute atomic E-state index is 10.7. The third kappa shape index (κ3) is 1.81. The summed E-state index contributed by atoms with van der Waals surface area (Å²) in [5.41, 5.74) is 2.26. The number of aryl methyl sites for hydroxylation is 1. The molecule has 2 aromatic rings. The first-order valence-corrected chi connectivity index (χ1v) is 5.41. The Morgan fingerprint density at radius 2 is 2.31 bits per heavy atom. The quantitative estimate of drug-likeness (QED) is 0.861. The van der Waals surface area contributed by atoms with Crippen LogP contribution in [0.3, 0.4) is 0 Å². The second-order valence-corrected chi connectivity index (χ2v) is 4.11. The minimum Gasteiger partial charge on any atom is -0.481 e. The molecule has 2 heterocycles. The summed E-state index contributed by atoms with van der Waals surface area (Å²) in [6.45, 7) is 3.63. The lowest BCUT2D eigenvalue weighted by Gasteiger charge is -1.98. The minimum absolute atomic E-state index is 0.0174. The number of nitrogens with zero attached hydrogens (tertiary/aromatic N) is 4. The summed E-state index contributed by atoms with van der Waals surface area (Å²) >= 11 is 1.22. The average molecular weight is 238 g/mol. The predicted molar refractivity (Wildman–Crippen MR) is 57.8 cm³/mol. The van der Waals surface area contributed by atoms with Crippen LogP contribution in [-0.4, -0.2) is 30.2 Å². The molecule has 0 saturated carbocycles. The number of aliphatic carboxylic acids is 1. The first kappa shape index (κ1) is 10.7. The zero-order valence-corrected chi connectivity index (χ0v) is 9.65. The van der Waals surface area contributed by atoms with Gasteiger partial charge in [-0.25, -0.2) is 9.67 Å². The Morgan fingerprint density at radius 1 is 1.56 bits per heavy atom. The molecule has 0 bridgehead atoms. The van der Waals surface area contributed by atoms with E-state index in [4.69, 9.17) is 5.11 Å². The van der Waals surface area contributed by atoms with E-state index in [0.29, 0.717) is 5.13 Å². The number of carboxylic acid groups (broad SMARTS) is 1. The fourth-order valence-corrected chi connectivity index (χ4v) is 2.07. The van der Waals surface area contributed by atoms with Crippen molar-refractivity contribution < 1.29 is 9.90 Å². The molecule has 0 saturated heterocycles. The molecule has 6 nitrogen and oxygen atoms in total. The smallest absolute Gasteiger partial charge is 0.307 e. The summed E-state index contributed by atoms with van der Waals surface area (Å²) in [4.78, 5) is 14.7. The van der Waals surface area contributed by atoms with Crippen LogP contribution in [0.25, 0.3) is 5.13 Å². The van der Waals surface area contributed by atoms with E-state index in [0.717, 1.165) is 17.0 Å². The zero-order chi connectivity index (χ0) is 11.7. The van der Waals surface area contributed by atoms with E-state index < -0.39 is 5.97 Å². The van der Waals surface area contributed by atoms with Crippen molar-refractivity contribution >= 4 is 17.5 Å². The first-order valence-electron chi connectivity index (χ1n) is 4.63. The van der Waals surface area contributed by atoms with Gasteiger partial charge in [-0.15, -0.1) is 0 Å². The monoisotopic (exact) mass is 238 g/mol. The number of hydrogen-bond acceptors (Lipinski definition) is 5. The lowest BCUT2D eigenvalue weighted by molar-refractivity contribution is -0.136. The summed E-state index contributed by atoms with van der Waals surface area (Å²) in [5, 5.41) is 13.7. The van der Waals surface area contributed by atoms with Crippen LogP contribution in [-0.2, 0) is 11.2 Å². The number of carbonyl (C=O) groups is 1. The highest BCUT2D eigenvalue weighted by molar-refractivity contribution is 7.07. The van der Waals surface area contributed by atoms with Gasteiger partial charge in [-0.2, -0.15) is 9.47 Å². The average Bonchev–Trinajstić information content (AvgIpc) is 2.80. The molecule has 0 spiro atoms. The van der Waals surface area contributed by atoms with Gasteiger partial charge in [0, 0.05) is 22.8 Å². The van der Waals surface area contributed by atoms with Gasteiger partial charge in [0.2, 0.25) is 5.13 Å². The molecule has 2 aromatic heterocycles. The number of carboxylic acids is 1. The maximum atomic E-state index is 10.7. The van der Waals surface area contributed by atoms with E-state index in [2.05, 4.69) is 14.5 Å². The molecule has 1 N–H and O–H groups in total. The van der Waals surface area contributed by atoms with Crippen molar-refractivity contribution in [2.45, 2.75) is 20.3 Å². The van der Waals surface area contributed by atoms with Gasteiger partial charge in [0.25, 0.3) is 0 Å². The lowest BCUT2D eigenvalue weighted by atomic mass is 10.1. The highest BCUT2D eigenvalue weighted by Gasteiger charge is 2.16. The van der Waals surface area contributed by atoms with Gasteiger partial charge in [-0.1, -0.05) is 0 Å². The van der Waals surface area contributed by atoms with E-state index in [1.165, 1.54) is 17.9 Å². The Balaban J connectivity index is 2.46. The zero-order valence-electron chi connectivity index (χ0n) is 8.84. The van der Waals surface area contributed by atoms with Crippen LogP contribution in [0.1, 0.15) is 17.0 Å². The third-order valence-electron chi connectivity index (χ3n) is 2.30. The van der Waals surface area contributed by atoms with Crippen molar-refractivity contribution in [2.75, 3.05) is 0 Å². The second-order valence-electron chi connectivity index (χ2n) is 3.36. The number of hydrogen-bond donors (Lipinski definition) is 1. The molecule has 84 valence electrons. The standard InChI is InChI=1S/C9H10N4O2S/c1-5-7(3-8(14)15)6(2)13(12-5)9-10-4-11-16-9/h4H,3H2,1-2H3,(H,14,15). The van der Waals surface area contributed by atoms with Crippen LogP contribution >= 0.6 is 11.5 Å². The highest BCUT2D eigenvalue weighted by Crippen LogP contribution is 2.18. The molecule has 0 unspecified atom stereocenters. The summed E-state index contributed by atoms with van der Waals surface area (Å²) < 4.78 is 5.52. The molecule has 0 fully saturated rings. The normalized spacial score (nSPS) is 10.6. The van der Waals surface area contributed by atoms with Crippen LogP contribution < -0.4 is 0 Å². The van der Waals surface area contributed by atoms with Crippen LogP contribution in [0, 0.1) is 13.8 Å². The van der Waals surface area contributed by atoms with Gasteiger partial charge in [-0.05, 0) is 13.8 Å². The van der Waals surface area contributed by atoms with Crippen LogP contribution in [0.15, 0.2) is 6.33 Å². The fraction of sp³-hybridized carbons (Fsp3) is 0.333. The van der Waals surface area contributed by atoms with E-state index in [-0.39, 0.29) is 6.42 Å². The van der Waals surface area contributed by atoms with Gasteiger partial charge < -0.3 is 5.11 Å². The van der Waals surface area contributed by atoms with Crippen LogP contribution in [0.2, 0.25) is 0 Å². The molecule has 0 aliphatic rings. The molecule has 7 heteroatoms. The van der Waals surface area contributed by atoms with Crippen molar-refractivity contribution in [3.05, 3.63) is 23.3 Å². The van der Waals surface area contributed by atoms with E-state index >= 15 is 0 Å². The van der Waals surface area contributed by atoms with Crippen LogP contribution in [0.5, 0.6) is 0 Å². The summed E-state index contributed by atoms with van der Waals surface area (Å²) in [6, 6.07) is 0. The summed E-state index contributed by atoms with van der Waals surface area (Å²) in [7, 11) is 0. The molecule has 0 atom stereocenters. The molecule has 0 amide bonds. The van der Waals surface area contributed by atoms with Gasteiger partial charge in [0.05, 0.1) is 12.1 Å².